The van der Waals surface area contributed by atoms with Crippen molar-refractivity contribution < 1.29 is 23.9 Å². The van der Waals surface area contributed by atoms with E-state index >= 15 is 0 Å². The number of fused-ring (bicyclic) bond motifs is 1. The molecule has 8 nitrogen and oxygen atoms in total. The highest BCUT2D eigenvalue weighted by Crippen LogP contribution is 2.18. The van der Waals surface area contributed by atoms with E-state index in [9.17, 15) is 19.2 Å². The summed E-state index contributed by atoms with van der Waals surface area (Å²) in [6.45, 7) is -0.215. The lowest BCUT2D eigenvalue weighted by atomic mass is 10.1. The van der Waals surface area contributed by atoms with Gasteiger partial charge in [0.2, 0.25) is 11.8 Å². The zero-order valence-corrected chi connectivity index (χ0v) is 15.2. The van der Waals surface area contributed by atoms with Crippen LogP contribution in [0.2, 0.25) is 0 Å². The summed E-state index contributed by atoms with van der Waals surface area (Å²) in [5.41, 5.74) is 1.15. The van der Waals surface area contributed by atoms with Gasteiger partial charge in [-0.25, -0.2) is 0 Å². The molecule has 0 aromatic heterocycles. The van der Waals surface area contributed by atoms with Crippen LogP contribution in [0.5, 0.6) is 5.75 Å². The minimum absolute atomic E-state index is 0.215. The molecule has 0 saturated carbocycles. The van der Waals surface area contributed by atoms with E-state index in [1.165, 1.54) is 7.11 Å². The number of anilines is 1. The Labute approximate surface area is 161 Å². The van der Waals surface area contributed by atoms with Gasteiger partial charge in [-0.15, -0.1) is 0 Å². The van der Waals surface area contributed by atoms with Gasteiger partial charge in [0.1, 0.15) is 11.8 Å². The summed E-state index contributed by atoms with van der Waals surface area (Å²) >= 11 is 0. The lowest BCUT2D eigenvalue weighted by Gasteiger charge is -2.14. The maximum Gasteiger partial charge on any atom is 0.254 e. The number of nitrogens with one attached hydrogen (secondary N) is 3. The number of hydrogen-bond acceptors (Lipinski definition) is 5. The smallest absolute Gasteiger partial charge is 0.254 e. The molecule has 0 radical (unpaired) electrons. The number of Topliss-reactive ketones (excluding diaryl/α,β-unsaturated/α-hetero) is 1. The van der Waals surface area contributed by atoms with Gasteiger partial charge >= 0.3 is 0 Å². The van der Waals surface area contributed by atoms with E-state index in [4.69, 9.17) is 4.74 Å². The highest BCUT2D eigenvalue weighted by Gasteiger charge is 2.29. The standard InChI is InChI=1S/C20H19N3O5/c1-28-13-8-6-12(7-9-13)17(24)11-21-18(25)10-16-20(27)22-15-5-3-2-4-14(15)19(26)23-16/h2-9,16H,10-11H2,1H3,(H,21,25)(H,22,27)(H,23,26). The number of hydrogen-bond donors (Lipinski definition) is 3. The van der Waals surface area contributed by atoms with Crippen LogP contribution in [0, 0.1) is 0 Å². The molecule has 144 valence electrons. The molecule has 1 aliphatic heterocycles. The molecule has 2 aromatic rings. The lowest BCUT2D eigenvalue weighted by molar-refractivity contribution is -0.125. The van der Waals surface area contributed by atoms with Gasteiger partial charge in [-0.2, -0.15) is 0 Å². The molecule has 0 aliphatic carbocycles. The summed E-state index contributed by atoms with van der Waals surface area (Å²) in [5, 5.41) is 7.65. The molecule has 3 amide bonds. The summed E-state index contributed by atoms with van der Waals surface area (Å²) in [6.07, 6.45) is -0.276. The Morgan fingerprint density at radius 2 is 1.79 bits per heavy atom. The van der Waals surface area contributed by atoms with Crippen LogP contribution in [0.25, 0.3) is 0 Å². The fraction of sp³-hybridized carbons (Fsp3) is 0.200. The summed E-state index contributed by atoms with van der Waals surface area (Å²) in [5.74, 6) is -1.11. The fourth-order valence-corrected chi connectivity index (χ4v) is 2.77. The predicted molar refractivity (Wildman–Crippen MR) is 101 cm³/mol. The Hall–Kier alpha value is -3.68. The van der Waals surface area contributed by atoms with Crippen LogP contribution in [0.3, 0.4) is 0 Å². The third kappa shape index (κ3) is 4.35. The van der Waals surface area contributed by atoms with E-state index in [1.807, 2.05) is 0 Å². The van der Waals surface area contributed by atoms with E-state index < -0.39 is 23.8 Å². The largest absolute Gasteiger partial charge is 0.497 e. The monoisotopic (exact) mass is 381 g/mol. The first-order chi connectivity index (χ1) is 13.5. The molecule has 8 heteroatoms. The van der Waals surface area contributed by atoms with Crippen LogP contribution in [0.4, 0.5) is 5.69 Å². The molecule has 0 fully saturated rings. The molecule has 3 rings (SSSR count). The van der Waals surface area contributed by atoms with Crippen molar-refractivity contribution in [2.75, 3.05) is 19.0 Å². The molecule has 1 atom stereocenters. The number of carbonyl (C=O) groups excluding carboxylic acids is 4. The summed E-state index contributed by atoms with van der Waals surface area (Å²) in [4.78, 5) is 48.9. The molecule has 0 saturated heterocycles. The zero-order valence-electron chi connectivity index (χ0n) is 15.2. The maximum atomic E-state index is 12.3. The maximum absolute atomic E-state index is 12.3. The molecule has 1 unspecified atom stereocenters. The van der Waals surface area contributed by atoms with Crippen molar-refractivity contribution in [1.29, 1.82) is 0 Å². The first kappa shape index (κ1) is 19.1. The van der Waals surface area contributed by atoms with Crippen LogP contribution >= 0.6 is 0 Å². The van der Waals surface area contributed by atoms with Crippen LogP contribution in [-0.4, -0.2) is 43.2 Å². The van der Waals surface area contributed by atoms with Gasteiger partial charge in [0, 0.05) is 5.56 Å². The topological polar surface area (TPSA) is 114 Å². The third-order valence-electron chi connectivity index (χ3n) is 4.30. The van der Waals surface area contributed by atoms with Crippen molar-refractivity contribution in [2.24, 2.45) is 0 Å². The van der Waals surface area contributed by atoms with Gasteiger partial charge in [0.15, 0.2) is 5.78 Å². The number of ketones is 1. The highest BCUT2D eigenvalue weighted by molar-refractivity contribution is 6.10. The van der Waals surface area contributed by atoms with Gasteiger partial charge in [-0.1, -0.05) is 12.1 Å². The van der Waals surface area contributed by atoms with Gasteiger partial charge in [0.25, 0.3) is 5.91 Å². The van der Waals surface area contributed by atoms with Crippen LogP contribution in [0.15, 0.2) is 48.5 Å². The molecule has 1 heterocycles. The molecule has 3 N–H and O–H groups in total. The Bertz CT molecular complexity index is 924. The Kier molecular flexibility index (Phi) is 5.69. The number of methoxy groups -OCH3 is 1. The Morgan fingerprint density at radius 3 is 2.50 bits per heavy atom. The van der Waals surface area contributed by atoms with E-state index in [0.29, 0.717) is 22.6 Å². The van der Waals surface area contributed by atoms with Gasteiger partial charge < -0.3 is 20.7 Å². The number of para-hydroxylation sites is 1. The number of amides is 3. The second-order valence-electron chi connectivity index (χ2n) is 6.19. The Balaban J connectivity index is 1.56. The molecule has 0 spiro atoms. The van der Waals surface area contributed by atoms with Crippen molar-refractivity contribution >= 4 is 29.2 Å². The third-order valence-corrected chi connectivity index (χ3v) is 4.30. The average molecular weight is 381 g/mol. The molecule has 28 heavy (non-hydrogen) atoms. The number of benzene rings is 2. The summed E-state index contributed by atoms with van der Waals surface area (Å²) < 4.78 is 5.03. The molecule has 2 aromatic carbocycles. The average Bonchev–Trinajstić information content (AvgIpc) is 2.82. The SMILES string of the molecule is COc1ccc(C(=O)CNC(=O)CC2NC(=O)c3ccccc3NC2=O)cc1. The lowest BCUT2D eigenvalue weighted by Crippen LogP contribution is -2.45. The normalized spacial score (nSPS) is 15.5. The van der Waals surface area contributed by atoms with Gasteiger partial charge in [-0.05, 0) is 36.4 Å². The van der Waals surface area contributed by atoms with Gasteiger partial charge in [0.05, 0.1) is 31.3 Å². The molecular weight excluding hydrogens is 362 g/mol. The quantitative estimate of drug-likeness (QED) is 0.649. The number of ether oxygens (including phenoxy) is 1. The predicted octanol–water partition coefficient (Wildman–Crippen LogP) is 1.13. The van der Waals surface area contributed by atoms with Crippen molar-refractivity contribution in [2.45, 2.75) is 12.5 Å². The summed E-state index contributed by atoms with van der Waals surface area (Å²) in [7, 11) is 1.53. The van der Waals surface area contributed by atoms with Crippen LogP contribution in [-0.2, 0) is 9.59 Å². The van der Waals surface area contributed by atoms with Crippen molar-refractivity contribution in [3.8, 4) is 5.75 Å². The molecule has 0 bridgehead atoms. The van der Waals surface area contributed by atoms with Gasteiger partial charge in [-0.3, -0.25) is 19.2 Å². The minimum Gasteiger partial charge on any atom is -0.497 e. The van der Waals surface area contributed by atoms with E-state index in [-0.39, 0.29) is 18.7 Å². The van der Waals surface area contributed by atoms with E-state index in [2.05, 4.69) is 16.0 Å². The number of rotatable bonds is 6. The fourth-order valence-electron chi connectivity index (χ4n) is 2.77. The van der Waals surface area contributed by atoms with Crippen LogP contribution < -0.4 is 20.7 Å². The highest BCUT2D eigenvalue weighted by atomic mass is 16.5. The van der Waals surface area contributed by atoms with Crippen molar-refractivity contribution in [3.63, 3.8) is 0 Å². The van der Waals surface area contributed by atoms with Crippen LogP contribution in [0.1, 0.15) is 27.1 Å². The second kappa shape index (κ2) is 8.34. The zero-order chi connectivity index (χ0) is 20.1. The number of carbonyl (C=O) groups is 4. The second-order valence-corrected chi connectivity index (χ2v) is 6.19. The Morgan fingerprint density at radius 1 is 1.07 bits per heavy atom. The molecule has 1 aliphatic rings. The summed E-state index contributed by atoms with van der Waals surface area (Å²) in [6, 6.07) is 12.1. The first-order valence-electron chi connectivity index (χ1n) is 8.62. The minimum atomic E-state index is -1.03. The van der Waals surface area contributed by atoms with E-state index in [1.54, 1.807) is 48.5 Å². The van der Waals surface area contributed by atoms with Crippen molar-refractivity contribution in [3.05, 3.63) is 59.7 Å². The first-order valence-corrected chi connectivity index (χ1v) is 8.62. The molecular formula is C20H19N3O5. The van der Waals surface area contributed by atoms with Crippen molar-refractivity contribution in [1.82, 2.24) is 10.6 Å². The van der Waals surface area contributed by atoms with E-state index in [0.717, 1.165) is 0 Å².